The first kappa shape index (κ1) is 16.6. The third-order valence-electron chi connectivity index (χ3n) is 3.72. The standard InChI is InChI=1S/C16H19N5O2S/c1-11(22)13-5-2-3-6-14(13)17-15(23)7-4-10-24-16-18-19-20-21(16)12-8-9-12/h2-3,5-6,12H,4,7-10H2,1H3,(H,17,23). The van der Waals surface area contributed by atoms with Crippen molar-refractivity contribution in [2.45, 2.75) is 43.8 Å². The van der Waals surface area contributed by atoms with E-state index in [2.05, 4.69) is 20.8 Å². The van der Waals surface area contributed by atoms with E-state index in [1.807, 2.05) is 4.68 Å². The number of rotatable bonds is 8. The zero-order chi connectivity index (χ0) is 16.9. The van der Waals surface area contributed by atoms with Gasteiger partial charge in [-0.25, -0.2) is 4.68 Å². The van der Waals surface area contributed by atoms with E-state index in [0.717, 1.165) is 30.2 Å². The van der Waals surface area contributed by atoms with E-state index >= 15 is 0 Å². The Bertz CT molecular complexity index is 742. The Labute approximate surface area is 144 Å². The summed E-state index contributed by atoms with van der Waals surface area (Å²) in [6, 6.07) is 7.50. The van der Waals surface area contributed by atoms with Crippen molar-refractivity contribution in [2.24, 2.45) is 0 Å². The van der Waals surface area contributed by atoms with E-state index in [1.54, 1.807) is 36.0 Å². The van der Waals surface area contributed by atoms with Gasteiger partial charge in [0.25, 0.3) is 0 Å². The predicted octanol–water partition coefficient (Wildman–Crippen LogP) is 2.72. The van der Waals surface area contributed by atoms with Gasteiger partial charge in [0.1, 0.15) is 0 Å². The molecular formula is C16H19N5O2S. The highest BCUT2D eigenvalue weighted by atomic mass is 32.2. The summed E-state index contributed by atoms with van der Waals surface area (Å²) in [5.41, 5.74) is 1.10. The molecule has 0 bridgehead atoms. The number of anilines is 1. The SMILES string of the molecule is CC(=O)c1ccccc1NC(=O)CCCSc1nnnn1C1CC1. The van der Waals surface area contributed by atoms with Crippen LogP contribution < -0.4 is 5.32 Å². The molecule has 0 aliphatic heterocycles. The fourth-order valence-corrected chi connectivity index (χ4v) is 3.22. The van der Waals surface area contributed by atoms with Gasteiger partial charge in [-0.1, -0.05) is 23.9 Å². The normalized spacial score (nSPS) is 13.7. The smallest absolute Gasteiger partial charge is 0.224 e. The minimum Gasteiger partial charge on any atom is -0.325 e. The fraction of sp³-hybridized carbons (Fsp3) is 0.438. The summed E-state index contributed by atoms with van der Waals surface area (Å²) in [5.74, 6) is 0.619. The van der Waals surface area contributed by atoms with Crippen molar-refractivity contribution in [3.8, 4) is 0 Å². The molecule has 0 radical (unpaired) electrons. The van der Waals surface area contributed by atoms with Gasteiger partial charge in [0, 0.05) is 17.7 Å². The second-order valence-electron chi connectivity index (χ2n) is 5.74. The Morgan fingerprint density at radius 2 is 2.12 bits per heavy atom. The first-order chi connectivity index (χ1) is 11.6. The number of nitrogens with zero attached hydrogens (tertiary/aromatic N) is 4. The van der Waals surface area contributed by atoms with E-state index < -0.39 is 0 Å². The van der Waals surface area contributed by atoms with Gasteiger partial charge in [0.2, 0.25) is 11.1 Å². The Morgan fingerprint density at radius 3 is 2.88 bits per heavy atom. The highest BCUT2D eigenvalue weighted by molar-refractivity contribution is 7.99. The maximum Gasteiger partial charge on any atom is 0.224 e. The second kappa shape index (κ2) is 7.57. The van der Waals surface area contributed by atoms with E-state index in [-0.39, 0.29) is 11.7 Å². The van der Waals surface area contributed by atoms with Gasteiger partial charge in [-0.05, 0) is 48.7 Å². The number of amides is 1. The van der Waals surface area contributed by atoms with Gasteiger partial charge in [0.15, 0.2) is 5.78 Å². The average molecular weight is 345 g/mol. The van der Waals surface area contributed by atoms with Gasteiger partial charge in [-0.2, -0.15) is 0 Å². The van der Waals surface area contributed by atoms with E-state index in [9.17, 15) is 9.59 Å². The summed E-state index contributed by atoms with van der Waals surface area (Å²) in [4.78, 5) is 23.6. The van der Waals surface area contributed by atoms with Crippen LogP contribution in [-0.4, -0.2) is 37.7 Å². The van der Waals surface area contributed by atoms with Crippen LogP contribution in [0, 0.1) is 0 Å². The number of hydrogen-bond acceptors (Lipinski definition) is 6. The molecule has 1 amide bonds. The molecule has 7 nitrogen and oxygen atoms in total. The number of nitrogens with one attached hydrogen (secondary N) is 1. The van der Waals surface area contributed by atoms with Crippen molar-refractivity contribution in [3.63, 3.8) is 0 Å². The first-order valence-corrected chi connectivity index (χ1v) is 8.94. The van der Waals surface area contributed by atoms with Crippen molar-refractivity contribution < 1.29 is 9.59 Å². The van der Waals surface area contributed by atoms with Gasteiger partial charge in [0.05, 0.1) is 11.7 Å². The van der Waals surface area contributed by atoms with Gasteiger partial charge < -0.3 is 5.32 Å². The molecule has 1 N–H and O–H groups in total. The number of para-hydroxylation sites is 1. The lowest BCUT2D eigenvalue weighted by Crippen LogP contribution is -2.14. The lowest BCUT2D eigenvalue weighted by Gasteiger charge is -2.08. The van der Waals surface area contributed by atoms with Gasteiger partial charge in [-0.15, -0.1) is 5.10 Å². The number of benzene rings is 1. The molecule has 1 heterocycles. The summed E-state index contributed by atoms with van der Waals surface area (Å²) < 4.78 is 1.87. The van der Waals surface area contributed by atoms with Crippen LogP contribution in [0.25, 0.3) is 0 Å². The summed E-state index contributed by atoms with van der Waals surface area (Å²) >= 11 is 1.57. The van der Waals surface area contributed by atoms with Crippen molar-refractivity contribution in [2.75, 3.05) is 11.1 Å². The molecule has 126 valence electrons. The zero-order valence-corrected chi connectivity index (χ0v) is 14.3. The van der Waals surface area contributed by atoms with Crippen LogP contribution >= 0.6 is 11.8 Å². The Morgan fingerprint density at radius 1 is 1.33 bits per heavy atom. The predicted molar refractivity (Wildman–Crippen MR) is 91.1 cm³/mol. The summed E-state index contributed by atoms with van der Waals surface area (Å²) in [5, 5.41) is 15.4. The van der Waals surface area contributed by atoms with Crippen LogP contribution in [0.5, 0.6) is 0 Å². The lowest BCUT2D eigenvalue weighted by atomic mass is 10.1. The number of ketones is 1. The highest BCUT2D eigenvalue weighted by Crippen LogP contribution is 2.36. The first-order valence-electron chi connectivity index (χ1n) is 7.95. The molecule has 1 aromatic carbocycles. The van der Waals surface area contributed by atoms with Crippen LogP contribution in [0.2, 0.25) is 0 Å². The van der Waals surface area contributed by atoms with Crippen LogP contribution in [0.4, 0.5) is 5.69 Å². The number of hydrogen-bond donors (Lipinski definition) is 1. The lowest BCUT2D eigenvalue weighted by molar-refractivity contribution is -0.116. The van der Waals surface area contributed by atoms with Crippen molar-refractivity contribution in [1.82, 2.24) is 20.2 Å². The minimum absolute atomic E-state index is 0.0617. The maximum atomic E-state index is 12.1. The molecule has 1 aliphatic carbocycles. The Kier molecular flexibility index (Phi) is 5.24. The third-order valence-corrected chi connectivity index (χ3v) is 4.73. The molecule has 3 rings (SSSR count). The Balaban J connectivity index is 1.44. The second-order valence-corrected chi connectivity index (χ2v) is 6.80. The largest absolute Gasteiger partial charge is 0.325 e. The molecule has 0 atom stereocenters. The summed E-state index contributed by atoms with van der Waals surface area (Å²) in [6.45, 7) is 1.49. The molecule has 1 saturated carbocycles. The zero-order valence-electron chi connectivity index (χ0n) is 13.4. The number of carbonyl (C=O) groups excluding carboxylic acids is 2. The number of tetrazole rings is 1. The van der Waals surface area contributed by atoms with Crippen LogP contribution in [0.15, 0.2) is 29.4 Å². The third kappa shape index (κ3) is 4.19. The van der Waals surface area contributed by atoms with Gasteiger partial charge >= 0.3 is 0 Å². The molecular weight excluding hydrogens is 326 g/mol. The molecule has 1 fully saturated rings. The molecule has 24 heavy (non-hydrogen) atoms. The number of carbonyl (C=O) groups is 2. The molecule has 2 aromatic rings. The molecule has 0 spiro atoms. The molecule has 8 heteroatoms. The van der Waals surface area contributed by atoms with Crippen molar-refractivity contribution in [1.29, 1.82) is 0 Å². The van der Waals surface area contributed by atoms with Crippen LogP contribution in [0.1, 0.15) is 49.0 Å². The van der Waals surface area contributed by atoms with E-state index in [0.29, 0.717) is 23.7 Å². The summed E-state index contributed by atoms with van der Waals surface area (Å²) in [7, 11) is 0. The molecule has 0 saturated heterocycles. The highest BCUT2D eigenvalue weighted by Gasteiger charge is 2.27. The monoisotopic (exact) mass is 345 g/mol. The molecule has 0 unspecified atom stereocenters. The topological polar surface area (TPSA) is 89.8 Å². The minimum atomic E-state index is -0.0916. The van der Waals surface area contributed by atoms with E-state index in [4.69, 9.17) is 0 Å². The van der Waals surface area contributed by atoms with Crippen LogP contribution in [-0.2, 0) is 4.79 Å². The van der Waals surface area contributed by atoms with E-state index in [1.165, 1.54) is 6.92 Å². The molecule has 1 aromatic heterocycles. The number of aromatic nitrogens is 4. The fourth-order valence-electron chi connectivity index (χ4n) is 2.34. The van der Waals surface area contributed by atoms with Gasteiger partial charge in [-0.3, -0.25) is 9.59 Å². The maximum absolute atomic E-state index is 12.1. The molecule has 1 aliphatic rings. The quantitative estimate of drug-likeness (QED) is 0.449. The van der Waals surface area contributed by atoms with Crippen molar-refractivity contribution in [3.05, 3.63) is 29.8 Å². The van der Waals surface area contributed by atoms with Crippen molar-refractivity contribution >= 4 is 29.1 Å². The Hall–Kier alpha value is -2.22. The summed E-state index contributed by atoms with van der Waals surface area (Å²) in [6.07, 6.45) is 3.38. The number of Topliss-reactive ketones (excluding diaryl/α,β-unsaturated/α-hetero) is 1. The average Bonchev–Trinajstić information content (AvgIpc) is 3.30. The van der Waals surface area contributed by atoms with Crippen LogP contribution in [0.3, 0.4) is 0 Å². The number of thioether (sulfide) groups is 1.